The van der Waals surface area contributed by atoms with Crippen molar-refractivity contribution in [1.29, 1.82) is 0 Å². The van der Waals surface area contributed by atoms with E-state index in [0.29, 0.717) is 38.3 Å². The fraction of sp³-hybridized carbons (Fsp3) is 0.500. The maximum absolute atomic E-state index is 12.5. The highest BCUT2D eigenvalue weighted by Crippen LogP contribution is 2.20. The Labute approximate surface area is 125 Å². The Morgan fingerprint density at radius 1 is 1.14 bits per heavy atom. The zero-order chi connectivity index (χ0) is 15.5. The third kappa shape index (κ3) is 3.36. The Balaban J connectivity index is 2.09. The summed E-state index contributed by atoms with van der Waals surface area (Å²) in [7, 11) is -1.97. The predicted molar refractivity (Wildman–Crippen MR) is 78.6 cm³/mol. The number of carbonyl (C=O) groups excluding carboxylic acids is 1. The van der Waals surface area contributed by atoms with Crippen LogP contribution in [-0.4, -0.2) is 56.8 Å². The molecule has 0 aromatic heterocycles. The van der Waals surface area contributed by atoms with Gasteiger partial charge in [0, 0.05) is 32.6 Å². The van der Waals surface area contributed by atoms with Gasteiger partial charge in [-0.05, 0) is 24.3 Å². The van der Waals surface area contributed by atoms with E-state index in [2.05, 4.69) is 0 Å². The molecule has 0 N–H and O–H groups in total. The van der Waals surface area contributed by atoms with E-state index in [1.54, 1.807) is 17.0 Å². The standard InChI is InChI=1S/C14H20N2O4S/c1-3-14(17)15-8-10-16(11-9-15)21(18,19)13-6-4-12(20-2)5-7-13/h4-7H,3,8-11H2,1-2H3. The Morgan fingerprint density at radius 2 is 1.71 bits per heavy atom. The van der Waals surface area contributed by atoms with Crippen LogP contribution in [0.1, 0.15) is 13.3 Å². The normalized spacial score (nSPS) is 16.8. The van der Waals surface area contributed by atoms with E-state index in [1.807, 2.05) is 6.92 Å². The van der Waals surface area contributed by atoms with Crippen LogP contribution in [-0.2, 0) is 14.8 Å². The SMILES string of the molecule is CCC(=O)N1CCN(S(=O)(=O)c2ccc(OC)cc2)CC1. The highest BCUT2D eigenvalue weighted by Gasteiger charge is 2.29. The van der Waals surface area contributed by atoms with Crippen molar-refractivity contribution in [2.45, 2.75) is 18.2 Å². The molecule has 1 aliphatic rings. The summed E-state index contributed by atoms with van der Waals surface area (Å²) in [5.74, 6) is 0.684. The van der Waals surface area contributed by atoms with Gasteiger partial charge in [-0.15, -0.1) is 0 Å². The molecule has 1 heterocycles. The van der Waals surface area contributed by atoms with Gasteiger partial charge in [0.25, 0.3) is 0 Å². The van der Waals surface area contributed by atoms with Crippen molar-refractivity contribution in [1.82, 2.24) is 9.21 Å². The molecule has 0 atom stereocenters. The van der Waals surface area contributed by atoms with Crippen molar-refractivity contribution in [3.63, 3.8) is 0 Å². The molecule has 1 aromatic rings. The monoisotopic (exact) mass is 312 g/mol. The van der Waals surface area contributed by atoms with Gasteiger partial charge < -0.3 is 9.64 Å². The van der Waals surface area contributed by atoms with Crippen LogP contribution in [0.15, 0.2) is 29.2 Å². The molecule has 0 unspecified atom stereocenters. The number of sulfonamides is 1. The molecule has 7 heteroatoms. The first-order chi connectivity index (χ1) is 9.98. The molecule has 2 rings (SSSR count). The van der Waals surface area contributed by atoms with E-state index < -0.39 is 10.0 Å². The predicted octanol–water partition coefficient (Wildman–Crippen LogP) is 0.938. The van der Waals surface area contributed by atoms with Crippen molar-refractivity contribution >= 4 is 15.9 Å². The number of carbonyl (C=O) groups is 1. The summed E-state index contributed by atoms with van der Waals surface area (Å²) < 4.78 is 31.5. The number of benzene rings is 1. The van der Waals surface area contributed by atoms with E-state index in [4.69, 9.17) is 4.74 Å². The summed E-state index contributed by atoms with van der Waals surface area (Å²) in [4.78, 5) is 13.6. The van der Waals surface area contributed by atoms with Crippen molar-refractivity contribution < 1.29 is 17.9 Å². The lowest BCUT2D eigenvalue weighted by atomic mass is 10.3. The average molecular weight is 312 g/mol. The van der Waals surface area contributed by atoms with Crippen LogP contribution in [0.2, 0.25) is 0 Å². The van der Waals surface area contributed by atoms with Crippen LogP contribution in [0, 0.1) is 0 Å². The Bertz CT molecular complexity index is 590. The number of amides is 1. The smallest absolute Gasteiger partial charge is 0.243 e. The molecule has 1 fully saturated rings. The Kier molecular flexibility index (Phi) is 4.84. The molecule has 1 aromatic carbocycles. The zero-order valence-electron chi connectivity index (χ0n) is 12.3. The quantitative estimate of drug-likeness (QED) is 0.830. The molecule has 0 saturated carbocycles. The second kappa shape index (κ2) is 6.44. The highest BCUT2D eigenvalue weighted by atomic mass is 32.2. The minimum atomic E-state index is -3.50. The molecule has 1 aliphatic heterocycles. The zero-order valence-corrected chi connectivity index (χ0v) is 13.1. The summed E-state index contributed by atoms with van der Waals surface area (Å²) in [5.41, 5.74) is 0. The van der Waals surface area contributed by atoms with E-state index >= 15 is 0 Å². The topological polar surface area (TPSA) is 66.9 Å². The average Bonchev–Trinajstić information content (AvgIpc) is 2.54. The first-order valence-corrected chi connectivity index (χ1v) is 8.35. The molecule has 1 amide bonds. The summed E-state index contributed by atoms with van der Waals surface area (Å²) in [6.45, 7) is 3.37. The van der Waals surface area contributed by atoms with Gasteiger partial charge in [-0.25, -0.2) is 8.42 Å². The highest BCUT2D eigenvalue weighted by molar-refractivity contribution is 7.89. The number of hydrogen-bond acceptors (Lipinski definition) is 4. The molecule has 21 heavy (non-hydrogen) atoms. The summed E-state index contributed by atoms with van der Waals surface area (Å²) in [5, 5.41) is 0. The largest absolute Gasteiger partial charge is 0.497 e. The number of methoxy groups -OCH3 is 1. The Morgan fingerprint density at radius 3 is 2.19 bits per heavy atom. The van der Waals surface area contributed by atoms with Gasteiger partial charge in [0.05, 0.1) is 12.0 Å². The molecular formula is C14H20N2O4S. The fourth-order valence-electron chi connectivity index (χ4n) is 2.30. The summed E-state index contributed by atoms with van der Waals surface area (Å²) in [6, 6.07) is 6.34. The van der Waals surface area contributed by atoms with Gasteiger partial charge in [-0.3, -0.25) is 4.79 Å². The lowest BCUT2D eigenvalue weighted by Gasteiger charge is -2.33. The summed E-state index contributed by atoms with van der Waals surface area (Å²) in [6.07, 6.45) is 0.450. The van der Waals surface area contributed by atoms with Crippen molar-refractivity contribution in [3.8, 4) is 5.75 Å². The van der Waals surface area contributed by atoms with E-state index in [-0.39, 0.29) is 10.8 Å². The van der Waals surface area contributed by atoms with Crippen molar-refractivity contribution in [2.75, 3.05) is 33.3 Å². The number of piperazine rings is 1. The molecular weight excluding hydrogens is 292 g/mol. The second-order valence-corrected chi connectivity index (χ2v) is 6.75. The van der Waals surface area contributed by atoms with Crippen LogP contribution in [0.25, 0.3) is 0 Å². The Hall–Kier alpha value is -1.60. The van der Waals surface area contributed by atoms with Gasteiger partial charge in [-0.2, -0.15) is 4.31 Å². The third-order valence-electron chi connectivity index (χ3n) is 3.59. The minimum absolute atomic E-state index is 0.0662. The van der Waals surface area contributed by atoms with Crippen molar-refractivity contribution in [2.24, 2.45) is 0 Å². The first kappa shape index (κ1) is 15.8. The van der Waals surface area contributed by atoms with E-state index in [1.165, 1.54) is 23.5 Å². The van der Waals surface area contributed by atoms with Crippen LogP contribution >= 0.6 is 0 Å². The van der Waals surface area contributed by atoms with Crippen LogP contribution < -0.4 is 4.74 Å². The maximum Gasteiger partial charge on any atom is 0.243 e. The number of hydrogen-bond donors (Lipinski definition) is 0. The summed E-state index contributed by atoms with van der Waals surface area (Å²) >= 11 is 0. The molecule has 0 spiro atoms. The molecule has 116 valence electrons. The van der Waals surface area contributed by atoms with Crippen LogP contribution in [0.5, 0.6) is 5.75 Å². The second-order valence-electron chi connectivity index (χ2n) is 4.81. The number of ether oxygens (including phenoxy) is 1. The van der Waals surface area contributed by atoms with Gasteiger partial charge >= 0.3 is 0 Å². The van der Waals surface area contributed by atoms with Crippen LogP contribution in [0.4, 0.5) is 0 Å². The van der Waals surface area contributed by atoms with Crippen molar-refractivity contribution in [3.05, 3.63) is 24.3 Å². The molecule has 0 radical (unpaired) electrons. The van der Waals surface area contributed by atoms with Crippen LogP contribution in [0.3, 0.4) is 0 Å². The molecule has 0 bridgehead atoms. The van der Waals surface area contributed by atoms with Gasteiger partial charge in [0.1, 0.15) is 5.75 Å². The van der Waals surface area contributed by atoms with Gasteiger partial charge in [-0.1, -0.05) is 6.92 Å². The molecule has 0 aliphatic carbocycles. The number of nitrogens with zero attached hydrogens (tertiary/aromatic N) is 2. The van der Waals surface area contributed by atoms with E-state index in [9.17, 15) is 13.2 Å². The fourth-order valence-corrected chi connectivity index (χ4v) is 3.72. The first-order valence-electron chi connectivity index (χ1n) is 6.91. The maximum atomic E-state index is 12.5. The third-order valence-corrected chi connectivity index (χ3v) is 5.50. The minimum Gasteiger partial charge on any atom is -0.497 e. The van der Waals surface area contributed by atoms with Gasteiger partial charge in [0.2, 0.25) is 15.9 Å². The van der Waals surface area contributed by atoms with Gasteiger partial charge in [0.15, 0.2) is 0 Å². The molecule has 6 nitrogen and oxygen atoms in total. The molecule has 1 saturated heterocycles. The number of rotatable bonds is 4. The lowest BCUT2D eigenvalue weighted by Crippen LogP contribution is -2.50. The lowest BCUT2D eigenvalue weighted by molar-refractivity contribution is -0.132. The van der Waals surface area contributed by atoms with E-state index in [0.717, 1.165) is 0 Å².